The molecule has 0 saturated heterocycles. The summed E-state index contributed by atoms with van der Waals surface area (Å²) >= 11 is 1.36. The molecular weight excluding hydrogens is 424 g/mol. The minimum Gasteiger partial charge on any atom is -0.494 e. The molecule has 3 rings (SSSR count). The second-order valence-corrected chi connectivity index (χ2v) is 8.41. The molecule has 1 amide bonds. The number of hydrogen-bond donors (Lipinski definition) is 1. The summed E-state index contributed by atoms with van der Waals surface area (Å²) in [4.78, 5) is 12.4. The topological polar surface area (TPSA) is 78.3 Å². The van der Waals surface area contributed by atoms with E-state index < -0.39 is 0 Å². The molecule has 1 unspecified atom stereocenters. The fourth-order valence-electron chi connectivity index (χ4n) is 3.39. The van der Waals surface area contributed by atoms with Gasteiger partial charge in [0.25, 0.3) is 0 Å². The zero-order valence-electron chi connectivity index (χ0n) is 19.2. The molecule has 32 heavy (non-hydrogen) atoms. The maximum absolute atomic E-state index is 12.4. The molecule has 1 aromatic heterocycles. The first-order valence-electron chi connectivity index (χ1n) is 10.7. The Kier molecular flexibility index (Phi) is 8.16. The van der Waals surface area contributed by atoms with Crippen LogP contribution in [0.4, 0.5) is 5.69 Å². The van der Waals surface area contributed by atoms with Gasteiger partial charge in [0.05, 0.1) is 12.4 Å². The lowest BCUT2D eigenvalue weighted by molar-refractivity contribution is -0.113. The molecule has 0 aliphatic rings. The minimum atomic E-state index is -0.268. The SMILES string of the molecule is CCOc1ccc(NC(=O)CSc2nnc(C(C)Oc3cc(C)cc(C)c3)n2CC)cc1. The fraction of sp³-hybridized carbons (Fsp3) is 0.375. The average molecular weight is 455 g/mol. The number of carbonyl (C=O) groups is 1. The summed E-state index contributed by atoms with van der Waals surface area (Å²) in [6.45, 7) is 11.3. The highest BCUT2D eigenvalue weighted by molar-refractivity contribution is 7.99. The van der Waals surface area contributed by atoms with Gasteiger partial charge in [-0.3, -0.25) is 4.79 Å². The first-order valence-corrected chi connectivity index (χ1v) is 11.7. The van der Waals surface area contributed by atoms with E-state index >= 15 is 0 Å². The van der Waals surface area contributed by atoms with Crippen molar-refractivity contribution in [2.45, 2.75) is 52.4 Å². The van der Waals surface area contributed by atoms with E-state index in [1.54, 1.807) is 0 Å². The van der Waals surface area contributed by atoms with Crippen molar-refractivity contribution in [3.05, 3.63) is 59.4 Å². The normalized spacial score (nSPS) is 11.8. The molecule has 0 aliphatic heterocycles. The number of anilines is 1. The van der Waals surface area contributed by atoms with Crippen LogP contribution in [-0.4, -0.2) is 33.0 Å². The molecular formula is C24H30N4O3S. The van der Waals surface area contributed by atoms with Gasteiger partial charge in [0.1, 0.15) is 11.5 Å². The Morgan fingerprint density at radius 1 is 1.06 bits per heavy atom. The predicted molar refractivity (Wildman–Crippen MR) is 128 cm³/mol. The van der Waals surface area contributed by atoms with Crippen molar-refractivity contribution in [2.75, 3.05) is 17.7 Å². The third-order valence-corrected chi connectivity index (χ3v) is 5.68. The first-order chi connectivity index (χ1) is 15.4. The second-order valence-electron chi connectivity index (χ2n) is 7.46. The molecule has 1 N–H and O–H groups in total. The zero-order chi connectivity index (χ0) is 23.1. The van der Waals surface area contributed by atoms with Gasteiger partial charge in [0, 0.05) is 12.2 Å². The van der Waals surface area contributed by atoms with Crippen molar-refractivity contribution >= 4 is 23.4 Å². The Morgan fingerprint density at radius 2 is 1.75 bits per heavy atom. The van der Waals surface area contributed by atoms with Crippen LogP contribution in [0.25, 0.3) is 0 Å². The lowest BCUT2D eigenvalue weighted by Crippen LogP contribution is -2.15. The van der Waals surface area contributed by atoms with Crippen molar-refractivity contribution in [3.8, 4) is 11.5 Å². The van der Waals surface area contributed by atoms with Crippen molar-refractivity contribution in [3.63, 3.8) is 0 Å². The molecule has 2 aromatic carbocycles. The third kappa shape index (κ3) is 6.26. The molecule has 7 nitrogen and oxygen atoms in total. The predicted octanol–water partition coefficient (Wildman–Crippen LogP) is 5.18. The monoisotopic (exact) mass is 454 g/mol. The Morgan fingerprint density at radius 3 is 2.38 bits per heavy atom. The molecule has 0 bridgehead atoms. The zero-order valence-corrected chi connectivity index (χ0v) is 20.0. The van der Waals surface area contributed by atoms with Gasteiger partial charge in [-0.05, 0) is 82.1 Å². The highest BCUT2D eigenvalue weighted by Gasteiger charge is 2.19. The van der Waals surface area contributed by atoms with Crippen molar-refractivity contribution in [1.29, 1.82) is 0 Å². The number of ether oxygens (including phenoxy) is 2. The van der Waals surface area contributed by atoms with Crippen LogP contribution in [0.15, 0.2) is 47.6 Å². The van der Waals surface area contributed by atoms with E-state index in [9.17, 15) is 4.79 Å². The van der Waals surface area contributed by atoms with Gasteiger partial charge < -0.3 is 19.4 Å². The van der Waals surface area contributed by atoms with Crippen LogP contribution in [0, 0.1) is 13.8 Å². The summed E-state index contributed by atoms with van der Waals surface area (Å²) in [5.74, 6) is 2.45. The molecule has 0 saturated carbocycles. The molecule has 0 aliphatic carbocycles. The lowest BCUT2D eigenvalue weighted by Gasteiger charge is -2.16. The molecule has 3 aromatic rings. The van der Waals surface area contributed by atoms with Gasteiger partial charge in [-0.15, -0.1) is 10.2 Å². The van der Waals surface area contributed by atoms with Crippen LogP contribution >= 0.6 is 11.8 Å². The van der Waals surface area contributed by atoms with E-state index in [-0.39, 0.29) is 17.8 Å². The van der Waals surface area contributed by atoms with E-state index in [1.807, 2.05) is 75.6 Å². The van der Waals surface area contributed by atoms with Gasteiger partial charge in [0.2, 0.25) is 5.91 Å². The molecule has 170 valence electrons. The maximum Gasteiger partial charge on any atom is 0.234 e. The van der Waals surface area contributed by atoms with Crippen LogP contribution < -0.4 is 14.8 Å². The standard InChI is InChI=1S/C24H30N4O3S/c1-6-28-23(18(5)31-21-13-16(3)12-17(4)14-21)26-27-24(28)32-15-22(29)25-19-8-10-20(11-9-19)30-7-2/h8-14,18H,6-7,15H2,1-5H3,(H,25,29). The van der Waals surface area contributed by atoms with Gasteiger partial charge >= 0.3 is 0 Å². The highest BCUT2D eigenvalue weighted by Crippen LogP contribution is 2.26. The van der Waals surface area contributed by atoms with E-state index in [0.29, 0.717) is 18.3 Å². The average Bonchev–Trinajstić information content (AvgIpc) is 3.16. The number of amides is 1. The van der Waals surface area contributed by atoms with Crippen molar-refractivity contribution < 1.29 is 14.3 Å². The van der Waals surface area contributed by atoms with E-state index in [4.69, 9.17) is 9.47 Å². The number of nitrogens with zero attached hydrogens (tertiary/aromatic N) is 3. The van der Waals surface area contributed by atoms with Crippen LogP contribution in [0.1, 0.15) is 43.8 Å². The van der Waals surface area contributed by atoms with Crippen LogP contribution in [0.2, 0.25) is 0 Å². The molecule has 0 radical (unpaired) electrons. The van der Waals surface area contributed by atoms with Crippen LogP contribution in [-0.2, 0) is 11.3 Å². The van der Waals surface area contributed by atoms with Gasteiger partial charge in [-0.2, -0.15) is 0 Å². The minimum absolute atomic E-state index is 0.106. The molecule has 0 fully saturated rings. The van der Waals surface area contributed by atoms with Crippen LogP contribution in [0.3, 0.4) is 0 Å². The highest BCUT2D eigenvalue weighted by atomic mass is 32.2. The van der Waals surface area contributed by atoms with Gasteiger partial charge in [0.15, 0.2) is 17.1 Å². The van der Waals surface area contributed by atoms with Crippen molar-refractivity contribution in [1.82, 2.24) is 14.8 Å². The fourth-order valence-corrected chi connectivity index (χ4v) is 4.20. The Bertz CT molecular complexity index is 1030. The second kappa shape index (κ2) is 11.0. The third-order valence-electron chi connectivity index (χ3n) is 4.71. The summed E-state index contributed by atoms with van der Waals surface area (Å²) in [5, 5.41) is 12.2. The van der Waals surface area contributed by atoms with E-state index in [0.717, 1.165) is 34.1 Å². The van der Waals surface area contributed by atoms with Crippen LogP contribution in [0.5, 0.6) is 11.5 Å². The van der Waals surface area contributed by atoms with Crippen molar-refractivity contribution in [2.24, 2.45) is 0 Å². The van der Waals surface area contributed by atoms with Gasteiger partial charge in [-0.1, -0.05) is 17.8 Å². The van der Waals surface area contributed by atoms with Gasteiger partial charge in [-0.25, -0.2) is 0 Å². The number of aryl methyl sites for hydroxylation is 2. The summed E-state index contributed by atoms with van der Waals surface area (Å²) in [6, 6.07) is 13.5. The molecule has 1 atom stereocenters. The summed E-state index contributed by atoms with van der Waals surface area (Å²) in [7, 11) is 0. The molecule has 8 heteroatoms. The van der Waals surface area contributed by atoms with E-state index in [2.05, 4.69) is 21.6 Å². The number of thioether (sulfide) groups is 1. The molecule has 0 spiro atoms. The van der Waals surface area contributed by atoms with E-state index in [1.165, 1.54) is 11.8 Å². The summed E-state index contributed by atoms with van der Waals surface area (Å²) in [5.41, 5.74) is 3.03. The number of nitrogens with one attached hydrogen (secondary N) is 1. The molecule has 1 heterocycles. The first kappa shape index (κ1) is 23.7. The quantitative estimate of drug-likeness (QED) is 0.425. The number of aromatic nitrogens is 3. The lowest BCUT2D eigenvalue weighted by atomic mass is 10.1. The smallest absolute Gasteiger partial charge is 0.234 e. The number of benzene rings is 2. The summed E-state index contributed by atoms with van der Waals surface area (Å²) in [6.07, 6.45) is -0.268. The Balaban J connectivity index is 1.60. The Labute approximate surface area is 193 Å². The Hall–Kier alpha value is -3.00. The summed E-state index contributed by atoms with van der Waals surface area (Å²) < 4.78 is 13.5. The number of rotatable bonds is 10. The number of hydrogen-bond acceptors (Lipinski definition) is 6. The maximum atomic E-state index is 12.4. The largest absolute Gasteiger partial charge is 0.494 e. The number of carbonyl (C=O) groups excluding carboxylic acids is 1.